The molecule has 0 spiro atoms. The second-order valence-corrected chi connectivity index (χ2v) is 7.81. The van der Waals surface area contributed by atoms with Crippen LogP contribution >= 0.6 is 22.7 Å². The standard InChI is InChI=1S/C16H25N5S2/c1-5-13-12(4)23-14(21-13)7-8-18-16(17-6-2)20-10-15-19-9-11(3)22-15/h9H,5-8,10H2,1-4H3,(H2,17,18,20). The Morgan fingerprint density at radius 3 is 2.61 bits per heavy atom. The molecule has 2 aromatic heterocycles. The van der Waals surface area contributed by atoms with Crippen molar-refractivity contribution < 1.29 is 0 Å². The highest BCUT2D eigenvalue weighted by Crippen LogP contribution is 2.18. The van der Waals surface area contributed by atoms with Gasteiger partial charge in [0.05, 0.1) is 17.2 Å². The summed E-state index contributed by atoms with van der Waals surface area (Å²) in [7, 11) is 0. The van der Waals surface area contributed by atoms with E-state index in [1.807, 2.05) is 6.20 Å². The molecule has 0 atom stereocenters. The molecule has 0 bridgehead atoms. The third kappa shape index (κ3) is 5.58. The predicted molar refractivity (Wildman–Crippen MR) is 99.6 cm³/mol. The smallest absolute Gasteiger partial charge is 0.191 e. The van der Waals surface area contributed by atoms with E-state index < -0.39 is 0 Å². The second kappa shape index (κ2) is 8.98. The Kier molecular flexibility index (Phi) is 6.98. The molecule has 0 aromatic carbocycles. The summed E-state index contributed by atoms with van der Waals surface area (Å²) in [4.78, 5) is 16.2. The second-order valence-electron chi connectivity index (χ2n) is 5.20. The SMILES string of the molecule is CCNC(=NCc1ncc(C)s1)NCCc1nc(CC)c(C)s1. The molecule has 7 heteroatoms. The van der Waals surface area contributed by atoms with Gasteiger partial charge in [0, 0.05) is 35.5 Å². The molecule has 0 aliphatic carbocycles. The number of hydrogen-bond donors (Lipinski definition) is 2. The molecule has 126 valence electrons. The maximum Gasteiger partial charge on any atom is 0.191 e. The molecule has 0 saturated carbocycles. The van der Waals surface area contributed by atoms with Gasteiger partial charge in [-0.25, -0.2) is 15.0 Å². The average molecular weight is 352 g/mol. The summed E-state index contributed by atoms with van der Waals surface area (Å²) >= 11 is 3.49. The molecule has 23 heavy (non-hydrogen) atoms. The van der Waals surface area contributed by atoms with Crippen molar-refractivity contribution in [2.45, 2.75) is 47.1 Å². The van der Waals surface area contributed by atoms with E-state index in [9.17, 15) is 0 Å². The Balaban J connectivity index is 1.86. The first-order chi connectivity index (χ1) is 11.1. The zero-order valence-electron chi connectivity index (χ0n) is 14.3. The van der Waals surface area contributed by atoms with Crippen LogP contribution in [0.4, 0.5) is 0 Å². The Morgan fingerprint density at radius 2 is 2.00 bits per heavy atom. The van der Waals surface area contributed by atoms with Crippen LogP contribution in [0.25, 0.3) is 0 Å². The summed E-state index contributed by atoms with van der Waals surface area (Å²) in [5, 5.41) is 8.88. The zero-order chi connectivity index (χ0) is 16.7. The number of aryl methyl sites for hydroxylation is 3. The van der Waals surface area contributed by atoms with Gasteiger partial charge in [0.1, 0.15) is 5.01 Å². The van der Waals surface area contributed by atoms with Crippen LogP contribution in [0.3, 0.4) is 0 Å². The number of rotatable bonds is 7. The first-order valence-electron chi connectivity index (χ1n) is 8.01. The van der Waals surface area contributed by atoms with E-state index in [2.05, 4.69) is 53.3 Å². The van der Waals surface area contributed by atoms with E-state index in [0.717, 1.165) is 36.9 Å². The van der Waals surface area contributed by atoms with E-state index >= 15 is 0 Å². The quantitative estimate of drug-likeness (QED) is 0.594. The van der Waals surface area contributed by atoms with Crippen molar-refractivity contribution in [2.75, 3.05) is 13.1 Å². The lowest BCUT2D eigenvalue weighted by Gasteiger charge is -2.10. The highest BCUT2D eigenvalue weighted by atomic mass is 32.1. The zero-order valence-corrected chi connectivity index (χ0v) is 15.9. The Morgan fingerprint density at radius 1 is 1.17 bits per heavy atom. The van der Waals surface area contributed by atoms with Gasteiger partial charge in [-0.3, -0.25) is 0 Å². The average Bonchev–Trinajstić information content (AvgIpc) is 3.10. The van der Waals surface area contributed by atoms with Crippen LogP contribution in [-0.2, 0) is 19.4 Å². The number of thiazole rings is 2. The minimum absolute atomic E-state index is 0.615. The molecule has 0 amide bonds. The van der Waals surface area contributed by atoms with Crippen LogP contribution in [0.15, 0.2) is 11.2 Å². The van der Waals surface area contributed by atoms with Crippen molar-refractivity contribution in [3.05, 3.63) is 31.7 Å². The summed E-state index contributed by atoms with van der Waals surface area (Å²) in [6, 6.07) is 0. The largest absolute Gasteiger partial charge is 0.357 e. The molecule has 2 rings (SSSR count). The van der Waals surface area contributed by atoms with Gasteiger partial charge in [-0.15, -0.1) is 22.7 Å². The number of guanidine groups is 1. The fourth-order valence-electron chi connectivity index (χ4n) is 2.17. The van der Waals surface area contributed by atoms with Crippen molar-refractivity contribution in [2.24, 2.45) is 4.99 Å². The third-order valence-corrected chi connectivity index (χ3v) is 5.26. The van der Waals surface area contributed by atoms with E-state index in [-0.39, 0.29) is 0 Å². The fraction of sp³-hybridized carbons (Fsp3) is 0.562. The van der Waals surface area contributed by atoms with Gasteiger partial charge in [0.25, 0.3) is 0 Å². The molecular formula is C16H25N5S2. The van der Waals surface area contributed by atoms with Crippen molar-refractivity contribution in [3.8, 4) is 0 Å². The number of hydrogen-bond acceptors (Lipinski definition) is 5. The molecule has 0 radical (unpaired) electrons. The summed E-state index contributed by atoms with van der Waals surface area (Å²) in [6.07, 6.45) is 3.82. The van der Waals surface area contributed by atoms with Crippen LogP contribution in [0, 0.1) is 13.8 Å². The normalized spacial score (nSPS) is 11.7. The Labute approximate surface area is 146 Å². The first kappa shape index (κ1) is 17.9. The monoisotopic (exact) mass is 351 g/mol. The van der Waals surface area contributed by atoms with Gasteiger partial charge in [-0.2, -0.15) is 0 Å². The van der Waals surface area contributed by atoms with Crippen molar-refractivity contribution >= 4 is 28.6 Å². The van der Waals surface area contributed by atoms with Gasteiger partial charge >= 0.3 is 0 Å². The molecule has 5 nitrogen and oxygen atoms in total. The van der Waals surface area contributed by atoms with E-state index in [4.69, 9.17) is 0 Å². The molecule has 0 saturated heterocycles. The molecule has 0 aliphatic rings. The summed E-state index contributed by atoms with van der Waals surface area (Å²) in [6.45, 7) is 10.7. The van der Waals surface area contributed by atoms with Gasteiger partial charge in [0.2, 0.25) is 0 Å². The fourth-order valence-corrected chi connectivity index (χ4v) is 3.91. The number of nitrogens with zero attached hydrogens (tertiary/aromatic N) is 3. The summed E-state index contributed by atoms with van der Waals surface area (Å²) in [5.41, 5.74) is 1.23. The minimum Gasteiger partial charge on any atom is -0.357 e. The van der Waals surface area contributed by atoms with Crippen molar-refractivity contribution in [1.29, 1.82) is 0 Å². The minimum atomic E-state index is 0.615. The van der Waals surface area contributed by atoms with Crippen molar-refractivity contribution in [1.82, 2.24) is 20.6 Å². The predicted octanol–water partition coefficient (Wildman–Crippen LogP) is 3.08. The van der Waals surface area contributed by atoms with Crippen LogP contribution < -0.4 is 10.6 Å². The molecule has 0 fully saturated rings. The number of nitrogens with one attached hydrogen (secondary N) is 2. The maximum atomic E-state index is 4.68. The van der Waals surface area contributed by atoms with Crippen LogP contribution in [0.2, 0.25) is 0 Å². The van der Waals surface area contributed by atoms with Gasteiger partial charge < -0.3 is 10.6 Å². The van der Waals surface area contributed by atoms with Gasteiger partial charge in [-0.1, -0.05) is 6.92 Å². The van der Waals surface area contributed by atoms with E-state index in [1.165, 1.54) is 20.5 Å². The number of aliphatic imine (C=N–C) groups is 1. The number of aromatic nitrogens is 2. The van der Waals surface area contributed by atoms with E-state index in [0.29, 0.717) is 6.54 Å². The molecule has 2 N–H and O–H groups in total. The summed E-state index contributed by atoms with van der Waals surface area (Å²) < 4.78 is 0. The maximum absolute atomic E-state index is 4.68. The molecular weight excluding hydrogens is 326 g/mol. The third-order valence-electron chi connectivity index (χ3n) is 3.29. The van der Waals surface area contributed by atoms with Crippen LogP contribution in [-0.4, -0.2) is 29.0 Å². The van der Waals surface area contributed by atoms with Crippen LogP contribution in [0.5, 0.6) is 0 Å². The van der Waals surface area contributed by atoms with Gasteiger partial charge in [0.15, 0.2) is 5.96 Å². The topological polar surface area (TPSA) is 62.2 Å². The molecule has 2 aromatic rings. The summed E-state index contributed by atoms with van der Waals surface area (Å²) in [5.74, 6) is 0.837. The highest BCUT2D eigenvalue weighted by molar-refractivity contribution is 7.11. The molecule has 0 unspecified atom stereocenters. The van der Waals surface area contributed by atoms with Gasteiger partial charge in [-0.05, 0) is 27.2 Å². The molecule has 2 heterocycles. The Bertz CT molecular complexity index is 645. The lowest BCUT2D eigenvalue weighted by atomic mass is 10.3. The first-order valence-corrected chi connectivity index (χ1v) is 9.64. The highest BCUT2D eigenvalue weighted by Gasteiger charge is 2.06. The van der Waals surface area contributed by atoms with Crippen LogP contribution in [0.1, 0.15) is 39.3 Å². The molecule has 0 aliphatic heterocycles. The lowest BCUT2D eigenvalue weighted by Crippen LogP contribution is -2.38. The lowest BCUT2D eigenvalue weighted by molar-refractivity contribution is 0.793. The van der Waals surface area contributed by atoms with Crippen molar-refractivity contribution in [3.63, 3.8) is 0 Å². The Hall–Kier alpha value is -1.47. The van der Waals surface area contributed by atoms with E-state index in [1.54, 1.807) is 22.7 Å².